The number of hydrogen-bond acceptors (Lipinski definition) is 4. The number of nitro groups is 1. The van der Waals surface area contributed by atoms with E-state index in [4.69, 9.17) is 0 Å². The zero-order chi connectivity index (χ0) is 13.2. The predicted molar refractivity (Wildman–Crippen MR) is 50.0 cm³/mol. The summed E-state index contributed by atoms with van der Waals surface area (Å²) in [7, 11) is 1.13. The minimum atomic E-state index is -5.07. The molecule has 92 valence electrons. The maximum Gasteiger partial charge on any atom is 0.454 e. The lowest BCUT2D eigenvalue weighted by Gasteiger charge is -2.06. The van der Waals surface area contributed by atoms with E-state index in [9.17, 15) is 28.1 Å². The molecule has 1 rings (SSSR count). The molecule has 0 saturated carbocycles. The summed E-state index contributed by atoms with van der Waals surface area (Å²) >= 11 is 0. The summed E-state index contributed by atoms with van der Waals surface area (Å²) in [5.74, 6) is -2.35. The van der Waals surface area contributed by atoms with Gasteiger partial charge in [-0.25, -0.2) is 0 Å². The van der Waals surface area contributed by atoms with Gasteiger partial charge in [0.1, 0.15) is 0 Å². The topological polar surface area (TPSA) is 69.4 Å². The number of alkyl halides is 3. The number of nitro benzene ring substituents is 1. The average molecular weight is 249 g/mol. The van der Waals surface area contributed by atoms with Crippen molar-refractivity contribution in [2.24, 2.45) is 0 Å². The monoisotopic (exact) mass is 249 g/mol. The Labute approximate surface area is 93.0 Å². The molecule has 0 unspecified atom stereocenters. The molecule has 0 heterocycles. The highest BCUT2D eigenvalue weighted by Crippen LogP contribution is 2.30. The number of carbonyl (C=O) groups is 1. The van der Waals surface area contributed by atoms with Crippen LogP contribution in [0.4, 0.5) is 18.9 Å². The van der Waals surface area contributed by atoms with Gasteiger partial charge in [-0.1, -0.05) is 0 Å². The first-order chi connectivity index (χ1) is 7.77. The highest BCUT2D eigenvalue weighted by Gasteiger charge is 2.40. The van der Waals surface area contributed by atoms with E-state index in [1.54, 1.807) is 0 Å². The fourth-order valence-electron chi connectivity index (χ4n) is 1.14. The molecule has 0 saturated heterocycles. The van der Waals surface area contributed by atoms with E-state index in [1.807, 2.05) is 0 Å². The molecule has 0 bridgehead atoms. The standard InChI is InChI=1S/C9H6F3NO4/c1-17-7-3-2-5(4-6(7)13(15)16)8(14)9(10,11)12/h2-4H,1H3. The summed E-state index contributed by atoms with van der Waals surface area (Å²) < 4.78 is 40.9. The summed E-state index contributed by atoms with van der Waals surface area (Å²) in [5.41, 5.74) is -1.49. The highest BCUT2D eigenvalue weighted by molar-refractivity contribution is 6.00. The number of hydrogen-bond donors (Lipinski definition) is 0. The van der Waals surface area contributed by atoms with Crippen LogP contribution >= 0.6 is 0 Å². The molecule has 0 aliphatic rings. The van der Waals surface area contributed by atoms with E-state index in [0.717, 1.165) is 19.2 Å². The third-order valence-electron chi connectivity index (χ3n) is 1.90. The molecular weight excluding hydrogens is 243 g/mol. The quantitative estimate of drug-likeness (QED) is 0.468. The number of Topliss-reactive ketones (excluding diaryl/α,β-unsaturated/α-hetero) is 1. The first kappa shape index (κ1) is 12.9. The third kappa shape index (κ3) is 2.71. The minimum Gasteiger partial charge on any atom is -0.490 e. The highest BCUT2D eigenvalue weighted by atomic mass is 19.4. The van der Waals surface area contributed by atoms with E-state index in [1.165, 1.54) is 0 Å². The van der Waals surface area contributed by atoms with Gasteiger partial charge in [0.05, 0.1) is 12.0 Å². The normalized spacial score (nSPS) is 11.1. The molecule has 0 fully saturated rings. The van der Waals surface area contributed by atoms with Crippen molar-refractivity contribution in [3.63, 3.8) is 0 Å². The molecule has 5 nitrogen and oxygen atoms in total. The van der Waals surface area contributed by atoms with Gasteiger partial charge in [0, 0.05) is 11.6 Å². The molecule has 17 heavy (non-hydrogen) atoms. The van der Waals surface area contributed by atoms with Crippen LogP contribution in [0.2, 0.25) is 0 Å². The zero-order valence-electron chi connectivity index (χ0n) is 8.45. The van der Waals surface area contributed by atoms with Crippen LogP contribution in [0.15, 0.2) is 18.2 Å². The van der Waals surface area contributed by atoms with Crippen molar-refractivity contribution in [2.45, 2.75) is 6.18 Å². The smallest absolute Gasteiger partial charge is 0.454 e. The first-order valence-electron chi connectivity index (χ1n) is 4.21. The Balaban J connectivity index is 3.26. The lowest BCUT2D eigenvalue weighted by atomic mass is 10.1. The van der Waals surface area contributed by atoms with Gasteiger partial charge in [-0.05, 0) is 12.1 Å². The van der Waals surface area contributed by atoms with Crippen LogP contribution in [0.5, 0.6) is 5.75 Å². The van der Waals surface area contributed by atoms with Crippen LogP contribution in [-0.2, 0) is 0 Å². The van der Waals surface area contributed by atoms with Gasteiger partial charge in [-0.2, -0.15) is 13.2 Å². The van der Waals surface area contributed by atoms with Gasteiger partial charge in [-0.3, -0.25) is 14.9 Å². The summed E-state index contributed by atoms with van der Waals surface area (Å²) in [6.45, 7) is 0. The fourth-order valence-corrected chi connectivity index (χ4v) is 1.14. The average Bonchev–Trinajstić information content (AvgIpc) is 2.25. The molecule has 1 aromatic rings. The summed E-state index contributed by atoms with van der Waals surface area (Å²) in [4.78, 5) is 20.5. The van der Waals surface area contributed by atoms with E-state index in [2.05, 4.69) is 4.74 Å². The maximum absolute atomic E-state index is 12.1. The van der Waals surface area contributed by atoms with Gasteiger partial charge < -0.3 is 4.74 Å². The van der Waals surface area contributed by atoms with Crippen molar-refractivity contribution in [3.05, 3.63) is 33.9 Å². The van der Waals surface area contributed by atoms with Crippen molar-refractivity contribution < 1.29 is 27.6 Å². The van der Waals surface area contributed by atoms with Gasteiger partial charge in [0.2, 0.25) is 0 Å². The fraction of sp³-hybridized carbons (Fsp3) is 0.222. The molecule has 0 N–H and O–H groups in total. The molecule has 0 amide bonds. The van der Waals surface area contributed by atoms with E-state index >= 15 is 0 Å². The number of nitrogens with zero attached hydrogens (tertiary/aromatic N) is 1. The second-order valence-corrected chi connectivity index (χ2v) is 2.97. The summed E-state index contributed by atoms with van der Waals surface area (Å²) in [6.07, 6.45) is -5.07. The molecule has 0 atom stereocenters. The number of ketones is 1. The first-order valence-corrected chi connectivity index (χ1v) is 4.21. The van der Waals surface area contributed by atoms with Crippen molar-refractivity contribution in [1.29, 1.82) is 0 Å². The Hall–Kier alpha value is -2.12. The van der Waals surface area contributed by atoms with Gasteiger partial charge >= 0.3 is 11.9 Å². The Bertz CT molecular complexity index is 470. The zero-order valence-corrected chi connectivity index (χ0v) is 8.45. The van der Waals surface area contributed by atoms with E-state index in [-0.39, 0.29) is 5.75 Å². The molecule has 0 aliphatic heterocycles. The Kier molecular flexibility index (Phi) is 3.35. The maximum atomic E-state index is 12.1. The molecule has 0 radical (unpaired) electrons. The van der Waals surface area contributed by atoms with Crippen LogP contribution in [0.3, 0.4) is 0 Å². The second kappa shape index (κ2) is 4.40. The van der Waals surface area contributed by atoms with Crippen LogP contribution in [0, 0.1) is 10.1 Å². The van der Waals surface area contributed by atoms with Crippen LogP contribution in [-0.4, -0.2) is 24.0 Å². The Morgan fingerprint density at radius 3 is 2.41 bits per heavy atom. The van der Waals surface area contributed by atoms with E-state index < -0.39 is 28.1 Å². The van der Waals surface area contributed by atoms with Crippen molar-refractivity contribution in [3.8, 4) is 5.75 Å². The number of carbonyl (C=O) groups excluding carboxylic acids is 1. The molecule has 0 spiro atoms. The molecular formula is C9H6F3NO4. The largest absolute Gasteiger partial charge is 0.490 e. The Morgan fingerprint density at radius 2 is 2.00 bits per heavy atom. The molecule has 1 aromatic carbocycles. The second-order valence-electron chi connectivity index (χ2n) is 2.97. The van der Waals surface area contributed by atoms with E-state index in [0.29, 0.717) is 6.07 Å². The predicted octanol–water partition coefficient (Wildman–Crippen LogP) is 2.35. The number of methoxy groups -OCH3 is 1. The molecule has 8 heteroatoms. The van der Waals surface area contributed by atoms with Crippen LogP contribution in [0.25, 0.3) is 0 Å². The van der Waals surface area contributed by atoms with Crippen LogP contribution in [0.1, 0.15) is 10.4 Å². The summed E-state index contributed by atoms with van der Waals surface area (Å²) in [6, 6.07) is 2.30. The van der Waals surface area contributed by atoms with Crippen LogP contribution < -0.4 is 4.74 Å². The number of rotatable bonds is 3. The lowest BCUT2D eigenvalue weighted by Crippen LogP contribution is -2.22. The van der Waals surface area contributed by atoms with Gasteiger partial charge in [0.15, 0.2) is 5.75 Å². The van der Waals surface area contributed by atoms with Crippen molar-refractivity contribution in [2.75, 3.05) is 7.11 Å². The Morgan fingerprint density at radius 1 is 1.41 bits per heavy atom. The number of halogens is 3. The SMILES string of the molecule is COc1ccc(C(=O)C(F)(F)F)cc1[N+](=O)[O-]. The third-order valence-corrected chi connectivity index (χ3v) is 1.90. The van der Waals surface area contributed by atoms with Crippen molar-refractivity contribution in [1.82, 2.24) is 0 Å². The molecule has 0 aromatic heterocycles. The lowest BCUT2D eigenvalue weighted by molar-refractivity contribution is -0.385. The minimum absolute atomic E-state index is 0.214. The molecule has 0 aliphatic carbocycles. The van der Waals surface area contributed by atoms with Gasteiger partial charge in [0.25, 0.3) is 5.78 Å². The summed E-state index contributed by atoms with van der Waals surface area (Å²) in [5, 5.41) is 10.5. The van der Waals surface area contributed by atoms with Gasteiger partial charge in [-0.15, -0.1) is 0 Å². The number of benzene rings is 1. The van der Waals surface area contributed by atoms with Crippen molar-refractivity contribution >= 4 is 11.5 Å². The number of ether oxygens (including phenoxy) is 1.